The van der Waals surface area contributed by atoms with E-state index in [2.05, 4.69) is 5.32 Å². The number of halogens is 3. The van der Waals surface area contributed by atoms with E-state index < -0.39 is 35.0 Å². The number of nitrogen functional groups attached to an aromatic ring is 1. The quantitative estimate of drug-likeness (QED) is 0.0935. The number of carbonyl (C=O) groups is 3. The van der Waals surface area contributed by atoms with E-state index in [-0.39, 0.29) is 17.4 Å². The molecule has 14 heteroatoms. The number of ether oxygens (including phenoxy) is 1. The number of rotatable bonds is 9. The van der Waals surface area contributed by atoms with Crippen molar-refractivity contribution in [3.8, 4) is 11.1 Å². The minimum Gasteiger partial charge on any atom is -0.475 e. The summed E-state index contributed by atoms with van der Waals surface area (Å²) in [5.41, 5.74) is 8.66. The number of esters is 1. The van der Waals surface area contributed by atoms with Crippen LogP contribution >= 0.6 is 0 Å². The van der Waals surface area contributed by atoms with E-state index in [0.29, 0.717) is 23.1 Å². The van der Waals surface area contributed by atoms with Crippen molar-refractivity contribution in [3.63, 3.8) is 0 Å². The van der Waals surface area contributed by atoms with E-state index in [1.54, 1.807) is 61.5 Å². The zero-order valence-corrected chi connectivity index (χ0v) is 22.3. The Morgan fingerprint density at radius 3 is 2.14 bits per heavy atom. The summed E-state index contributed by atoms with van der Waals surface area (Å²) in [5, 5.41) is 28.6. The minimum atomic E-state index is -5.08. The Hall–Kier alpha value is -5.27. The van der Waals surface area contributed by atoms with Gasteiger partial charge < -0.3 is 20.9 Å². The number of nitro groups is 1. The van der Waals surface area contributed by atoms with Crippen LogP contribution in [0.2, 0.25) is 0 Å². The normalized spacial score (nSPS) is 12.1. The number of nitro benzene ring substituents is 1. The molecule has 0 aliphatic carbocycles. The molecule has 3 aromatic rings. The summed E-state index contributed by atoms with van der Waals surface area (Å²) in [6.45, 7) is 1.73. The van der Waals surface area contributed by atoms with Crippen LogP contribution in [0.15, 0.2) is 72.8 Å². The lowest BCUT2D eigenvalue weighted by molar-refractivity contribution is -0.384. The van der Waals surface area contributed by atoms with E-state index >= 15 is 0 Å². The van der Waals surface area contributed by atoms with Crippen LogP contribution in [0, 0.1) is 21.4 Å². The van der Waals surface area contributed by atoms with Gasteiger partial charge in [0.2, 0.25) is 0 Å². The summed E-state index contributed by atoms with van der Waals surface area (Å²) in [6, 6.07) is 19.4. The molecule has 0 aromatic heterocycles. The van der Waals surface area contributed by atoms with Crippen molar-refractivity contribution in [2.75, 3.05) is 7.11 Å². The summed E-state index contributed by atoms with van der Waals surface area (Å²) in [7, 11) is 1.29. The first-order chi connectivity index (χ1) is 19.6. The highest BCUT2D eigenvalue weighted by Crippen LogP contribution is 2.24. The van der Waals surface area contributed by atoms with Crippen LogP contribution in [0.4, 0.5) is 18.9 Å². The van der Waals surface area contributed by atoms with Crippen molar-refractivity contribution >= 4 is 29.4 Å². The van der Waals surface area contributed by atoms with Crippen molar-refractivity contribution in [1.82, 2.24) is 5.32 Å². The standard InChI is InChI=1S/C26H26N4O5.C2HF3O2/c1-16(23(26(32)35-2)14-17-5-3-7-21(13-17)24(27)28)29-25(31)19-11-9-18(10-12-19)20-6-4-8-22(15-20)30(33)34;3-2(4,5)1(6)7/h3-13,15-16,23H,14H2,1-2H3,(H3,27,28)(H,29,31);(H,6,7). The molecular formula is C28H27F3N4O7. The van der Waals surface area contributed by atoms with E-state index in [0.717, 1.165) is 11.1 Å². The Bertz CT molecular complexity index is 1460. The molecule has 0 aliphatic heterocycles. The monoisotopic (exact) mass is 588 g/mol. The minimum absolute atomic E-state index is 0.0131. The summed E-state index contributed by atoms with van der Waals surface area (Å²) >= 11 is 0. The van der Waals surface area contributed by atoms with Crippen LogP contribution in [0.25, 0.3) is 11.1 Å². The Balaban J connectivity index is 0.000000782. The molecule has 42 heavy (non-hydrogen) atoms. The van der Waals surface area contributed by atoms with Crippen molar-refractivity contribution < 1.29 is 42.3 Å². The van der Waals surface area contributed by atoms with E-state index in [1.165, 1.54) is 19.2 Å². The van der Waals surface area contributed by atoms with Gasteiger partial charge in [0, 0.05) is 29.3 Å². The number of benzene rings is 3. The first-order valence-electron chi connectivity index (χ1n) is 12.1. The third kappa shape index (κ3) is 9.43. The Morgan fingerprint density at radius 1 is 1.02 bits per heavy atom. The number of nitrogens with two attached hydrogens (primary N) is 1. The van der Waals surface area contributed by atoms with E-state index in [1.807, 2.05) is 6.07 Å². The van der Waals surface area contributed by atoms with Crippen molar-refractivity contribution in [3.05, 3.63) is 99.6 Å². The number of methoxy groups -OCH3 is 1. The first-order valence-corrected chi connectivity index (χ1v) is 12.1. The predicted octanol–water partition coefficient (Wildman–Crippen LogP) is 4.33. The van der Waals surface area contributed by atoms with Gasteiger partial charge in [-0.15, -0.1) is 0 Å². The van der Waals surface area contributed by atoms with E-state index in [4.69, 9.17) is 25.8 Å². The Labute approximate surface area is 237 Å². The number of carboxylic acid groups (broad SMARTS) is 1. The number of aliphatic carboxylic acids is 1. The number of carbonyl (C=O) groups excluding carboxylic acids is 2. The molecule has 222 valence electrons. The van der Waals surface area contributed by atoms with Crippen LogP contribution in [-0.4, -0.2) is 53.0 Å². The highest BCUT2D eigenvalue weighted by molar-refractivity contribution is 5.96. The van der Waals surface area contributed by atoms with Gasteiger partial charge in [-0.3, -0.25) is 25.1 Å². The zero-order chi connectivity index (χ0) is 31.6. The van der Waals surface area contributed by atoms with Crippen LogP contribution < -0.4 is 11.1 Å². The Morgan fingerprint density at radius 2 is 1.62 bits per heavy atom. The van der Waals surface area contributed by atoms with Gasteiger partial charge >= 0.3 is 18.1 Å². The largest absolute Gasteiger partial charge is 0.490 e. The van der Waals surface area contributed by atoms with E-state index in [9.17, 15) is 32.9 Å². The van der Waals surface area contributed by atoms with Gasteiger partial charge in [-0.25, -0.2) is 4.79 Å². The number of amides is 1. The molecule has 2 unspecified atom stereocenters. The molecule has 2 atom stereocenters. The molecule has 3 aromatic carbocycles. The number of amidine groups is 1. The topological polar surface area (TPSA) is 186 Å². The average Bonchev–Trinajstić information content (AvgIpc) is 2.95. The zero-order valence-electron chi connectivity index (χ0n) is 22.3. The fraction of sp³-hybridized carbons (Fsp3) is 0.214. The third-order valence-electron chi connectivity index (χ3n) is 5.94. The molecule has 0 fully saturated rings. The van der Waals surface area contributed by atoms with Crippen LogP contribution in [-0.2, 0) is 20.7 Å². The molecule has 11 nitrogen and oxygen atoms in total. The second kappa shape index (κ2) is 14.4. The lowest BCUT2D eigenvalue weighted by atomic mass is 9.92. The van der Waals surface area contributed by atoms with Gasteiger partial charge in [0.25, 0.3) is 11.6 Å². The second-order valence-corrected chi connectivity index (χ2v) is 8.90. The lowest BCUT2D eigenvalue weighted by Gasteiger charge is -2.23. The van der Waals surface area contributed by atoms with Gasteiger partial charge in [-0.1, -0.05) is 42.5 Å². The number of carboxylic acids is 1. The summed E-state index contributed by atoms with van der Waals surface area (Å²) in [4.78, 5) is 44.8. The molecule has 5 N–H and O–H groups in total. The number of non-ortho nitro benzene ring substituents is 1. The fourth-order valence-corrected chi connectivity index (χ4v) is 3.74. The number of nitrogens with one attached hydrogen (secondary N) is 2. The van der Waals surface area contributed by atoms with Crippen LogP contribution in [0.5, 0.6) is 0 Å². The van der Waals surface area contributed by atoms with Crippen LogP contribution in [0.3, 0.4) is 0 Å². The molecule has 3 rings (SSSR count). The van der Waals surface area contributed by atoms with Gasteiger partial charge in [-0.05, 0) is 48.2 Å². The van der Waals surface area contributed by atoms with Crippen molar-refractivity contribution in [2.24, 2.45) is 11.7 Å². The van der Waals surface area contributed by atoms with Crippen LogP contribution in [0.1, 0.15) is 28.4 Å². The summed E-state index contributed by atoms with van der Waals surface area (Å²) in [5.74, 6) is -4.32. The SMILES string of the molecule is COC(=O)C(Cc1cccc(C(=N)N)c1)C(C)NC(=O)c1ccc(-c2cccc([N+](=O)[O-])c2)cc1.O=C(O)C(F)(F)F. The molecule has 0 bridgehead atoms. The first kappa shape index (κ1) is 32.9. The number of hydrogen-bond acceptors (Lipinski definition) is 7. The molecule has 0 saturated carbocycles. The van der Waals surface area contributed by atoms with Crippen molar-refractivity contribution in [1.29, 1.82) is 5.41 Å². The summed E-state index contributed by atoms with van der Waals surface area (Å²) < 4.78 is 36.7. The molecule has 0 aliphatic rings. The average molecular weight is 589 g/mol. The highest BCUT2D eigenvalue weighted by atomic mass is 19.4. The highest BCUT2D eigenvalue weighted by Gasteiger charge is 2.38. The molecule has 0 saturated heterocycles. The summed E-state index contributed by atoms with van der Waals surface area (Å²) in [6.07, 6.45) is -4.79. The van der Waals surface area contributed by atoms with Gasteiger partial charge in [0.1, 0.15) is 5.84 Å². The maximum atomic E-state index is 12.9. The molecule has 0 spiro atoms. The number of alkyl halides is 3. The molecular weight excluding hydrogens is 561 g/mol. The third-order valence-corrected chi connectivity index (χ3v) is 5.94. The molecule has 1 amide bonds. The maximum absolute atomic E-state index is 12.9. The van der Waals surface area contributed by atoms with Gasteiger partial charge in [0.05, 0.1) is 18.0 Å². The fourth-order valence-electron chi connectivity index (χ4n) is 3.74. The van der Waals surface area contributed by atoms with Gasteiger partial charge in [-0.2, -0.15) is 13.2 Å². The Kier molecular flexibility index (Phi) is 11.3. The number of hydrogen-bond donors (Lipinski definition) is 4. The smallest absolute Gasteiger partial charge is 0.475 e. The van der Waals surface area contributed by atoms with Gasteiger partial charge in [0.15, 0.2) is 0 Å². The molecule has 0 heterocycles. The number of nitrogens with zero attached hydrogens (tertiary/aromatic N) is 1. The molecule has 0 radical (unpaired) electrons. The van der Waals surface area contributed by atoms with Crippen molar-refractivity contribution in [2.45, 2.75) is 25.6 Å². The predicted molar refractivity (Wildman–Crippen MR) is 146 cm³/mol. The lowest BCUT2D eigenvalue weighted by Crippen LogP contribution is -2.42. The second-order valence-electron chi connectivity index (χ2n) is 8.90. The maximum Gasteiger partial charge on any atom is 0.490 e.